The van der Waals surface area contributed by atoms with Gasteiger partial charge in [-0.15, -0.1) is 0 Å². The lowest BCUT2D eigenvalue weighted by Crippen LogP contribution is -2.62. The van der Waals surface area contributed by atoms with Gasteiger partial charge in [-0.25, -0.2) is 0 Å². The van der Waals surface area contributed by atoms with Crippen LogP contribution in [0.15, 0.2) is 103 Å². The van der Waals surface area contributed by atoms with Crippen molar-refractivity contribution in [3.63, 3.8) is 0 Å². The minimum absolute atomic E-state index is 0.00983. The van der Waals surface area contributed by atoms with Crippen LogP contribution in [0.4, 0.5) is 34.1 Å². The summed E-state index contributed by atoms with van der Waals surface area (Å²) in [7, 11) is 0. The highest BCUT2D eigenvalue weighted by Gasteiger charge is 2.63. The van der Waals surface area contributed by atoms with Crippen LogP contribution in [0.3, 0.4) is 0 Å². The van der Waals surface area contributed by atoms with Gasteiger partial charge in [-0.3, -0.25) is 0 Å². The molecule has 9 aliphatic rings. The molecule has 1 fully saturated rings. The van der Waals surface area contributed by atoms with E-state index in [2.05, 4.69) is 251 Å². The normalized spacial score (nSPS) is 28.2. The van der Waals surface area contributed by atoms with Crippen LogP contribution in [-0.2, 0) is 48.7 Å². The highest BCUT2D eigenvalue weighted by Crippen LogP contribution is 2.71. The fraction of sp³-hybridized carbons (Fsp3) is 0.506. The van der Waals surface area contributed by atoms with E-state index in [1.165, 1.54) is 171 Å². The highest BCUT2D eigenvalue weighted by atomic mass is 15.2. The van der Waals surface area contributed by atoms with Crippen molar-refractivity contribution in [3.8, 4) is 11.1 Å². The van der Waals surface area contributed by atoms with Crippen molar-refractivity contribution >= 4 is 57.2 Å². The largest absolute Gasteiger partial charge is 0.311 e. The number of nitrogens with zero attached hydrogens (tertiary/aromatic N) is 2. The summed E-state index contributed by atoms with van der Waals surface area (Å²) in [5, 5.41) is 0. The molecule has 0 N–H and O–H groups in total. The molecule has 3 heteroatoms. The van der Waals surface area contributed by atoms with Crippen LogP contribution in [0.1, 0.15) is 272 Å². The predicted octanol–water partition coefficient (Wildman–Crippen LogP) is 21.0. The van der Waals surface area contributed by atoms with Crippen LogP contribution in [-0.4, -0.2) is 6.71 Å². The highest BCUT2D eigenvalue weighted by molar-refractivity contribution is 7.00. The van der Waals surface area contributed by atoms with E-state index in [1.54, 1.807) is 38.9 Å². The summed E-state index contributed by atoms with van der Waals surface area (Å²) in [5.41, 5.74) is 37.1. The Morgan fingerprint density at radius 2 is 0.807 bits per heavy atom. The van der Waals surface area contributed by atoms with Gasteiger partial charge < -0.3 is 9.80 Å². The summed E-state index contributed by atoms with van der Waals surface area (Å²) in [5.74, 6) is 0.788. The van der Waals surface area contributed by atoms with E-state index < -0.39 is 0 Å². The van der Waals surface area contributed by atoms with Gasteiger partial charge in [0.05, 0.1) is 0 Å². The molecule has 88 heavy (non-hydrogen) atoms. The summed E-state index contributed by atoms with van der Waals surface area (Å²) in [6, 6.07) is 45.1. The second-order valence-electron chi connectivity index (χ2n) is 36.3. The average molecular weight is 1160 g/mol. The van der Waals surface area contributed by atoms with Crippen LogP contribution in [0, 0.1) is 32.1 Å². The molecule has 5 atom stereocenters. The van der Waals surface area contributed by atoms with Crippen molar-refractivity contribution in [3.05, 3.63) is 181 Å². The molecule has 7 aromatic rings. The Morgan fingerprint density at radius 3 is 1.38 bits per heavy atom. The van der Waals surface area contributed by atoms with Crippen molar-refractivity contribution < 1.29 is 0 Å². The zero-order valence-corrected chi connectivity index (χ0v) is 57.7. The zero-order valence-electron chi connectivity index (χ0n) is 57.7. The van der Waals surface area contributed by atoms with Gasteiger partial charge in [-0.2, -0.15) is 0 Å². The molecule has 3 heterocycles. The van der Waals surface area contributed by atoms with Gasteiger partial charge in [0.15, 0.2) is 0 Å². The molecule has 0 amide bonds. The van der Waals surface area contributed by atoms with Crippen molar-refractivity contribution in [1.29, 1.82) is 0 Å². The lowest BCUT2D eigenvalue weighted by Gasteiger charge is -2.57. The molecule has 5 unspecified atom stereocenters. The standard InChI is InChI=1S/C85H101BN2/c1-49-37-72-75-73(38-49)88(68-45-63-59(39-50(68)2)77(6,7)31-33-80(63,12)13)71-46-64-62(79(10,11)32-34-81(64,14)15)44-67(71)86(75)66-26-23-54-43-70(66)87(72)69-47-65-60(40-51(69)3)82(16,17)35-36-83(65,18)55-27-28-84(19)58-41-52(21-24-56(58)74(54)85(84,20)48-55)53-22-25-57-61(42-53)78(8,9)30-29-76(57,4)5/h21-26,37-47,55,74H,27-36,48H2,1-20H3. The summed E-state index contributed by atoms with van der Waals surface area (Å²) >= 11 is 0. The maximum Gasteiger partial charge on any atom is 0.252 e. The van der Waals surface area contributed by atoms with Gasteiger partial charge in [0, 0.05) is 40.0 Å². The third kappa shape index (κ3) is 7.49. The van der Waals surface area contributed by atoms with Gasteiger partial charge in [-0.1, -0.05) is 184 Å². The first-order chi connectivity index (χ1) is 41.1. The molecule has 2 nitrogen and oxygen atoms in total. The van der Waals surface area contributed by atoms with E-state index in [0.717, 1.165) is 0 Å². The van der Waals surface area contributed by atoms with E-state index in [0.29, 0.717) is 5.92 Å². The van der Waals surface area contributed by atoms with Gasteiger partial charge in [0.2, 0.25) is 0 Å². The van der Waals surface area contributed by atoms with Crippen LogP contribution in [0.5, 0.6) is 0 Å². The zero-order chi connectivity index (χ0) is 62.1. The van der Waals surface area contributed by atoms with E-state index in [9.17, 15) is 0 Å². The Morgan fingerprint density at radius 1 is 0.364 bits per heavy atom. The first kappa shape index (κ1) is 57.4. The average Bonchev–Trinajstić information content (AvgIpc) is 1.03. The van der Waals surface area contributed by atoms with E-state index in [1.807, 2.05) is 0 Å². The lowest BCUT2D eigenvalue weighted by molar-refractivity contribution is 0.0196. The number of anilines is 6. The van der Waals surface area contributed by atoms with Crippen LogP contribution < -0.4 is 26.2 Å². The summed E-state index contributed by atoms with van der Waals surface area (Å²) in [4.78, 5) is 5.64. The molecule has 454 valence electrons. The predicted molar refractivity (Wildman–Crippen MR) is 377 cm³/mol. The number of hydrogen-bond acceptors (Lipinski definition) is 2. The van der Waals surface area contributed by atoms with Crippen molar-refractivity contribution in [2.45, 2.75) is 264 Å². The van der Waals surface area contributed by atoms with Gasteiger partial charge in [-0.05, 0) is 293 Å². The number of rotatable bonds is 2. The number of hydrogen-bond donors (Lipinski definition) is 0. The number of benzene rings is 7. The molecule has 0 aromatic heterocycles. The Hall–Kier alpha value is -5.80. The first-order valence-corrected chi connectivity index (χ1v) is 34.8. The Kier molecular flexibility index (Phi) is 11.5. The van der Waals surface area contributed by atoms with E-state index >= 15 is 0 Å². The fourth-order valence-electron chi connectivity index (χ4n) is 21.2. The maximum absolute atomic E-state index is 2.84. The monoisotopic (exact) mass is 1160 g/mol. The minimum atomic E-state index is -0.0249. The topological polar surface area (TPSA) is 6.48 Å². The summed E-state index contributed by atoms with van der Waals surface area (Å²) in [6.07, 6.45) is 13.3. The van der Waals surface area contributed by atoms with E-state index in [4.69, 9.17) is 0 Å². The van der Waals surface area contributed by atoms with Gasteiger partial charge >= 0.3 is 0 Å². The second-order valence-corrected chi connectivity index (χ2v) is 36.3. The smallest absolute Gasteiger partial charge is 0.252 e. The van der Waals surface area contributed by atoms with Gasteiger partial charge in [0.25, 0.3) is 6.71 Å². The SMILES string of the molecule is Cc1cc2c3c(c1)N(c1cc4c(cc1C)C(C)(C)CCC4(C)C)c1cc4c(cc1B3c1ccc3cc1N2c1cc2c(cc1C)C(C)(C)CCC2(C)C1CCC2(C)c5cc(-c6ccc7c(c6)C(C)(C)CCC7(C)C)ccc5C3C2(C)C1)C(C)(C)CCC4(C)C. The van der Waals surface area contributed by atoms with Crippen LogP contribution in [0.25, 0.3) is 11.1 Å². The number of aryl methyl sites for hydroxylation is 3. The summed E-state index contributed by atoms with van der Waals surface area (Å²) < 4.78 is 0. The van der Waals surface area contributed by atoms with E-state index in [-0.39, 0.29) is 66.8 Å². The molecule has 3 aliphatic heterocycles. The molecular weight excluding hydrogens is 1060 g/mol. The molecule has 16 rings (SSSR count). The Balaban J connectivity index is 0.980. The van der Waals surface area contributed by atoms with Crippen LogP contribution in [0.2, 0.25) is 0 Å². The molecule has 6 bridgehead atoms. The van der Waals surface area contributed by atoms with Crippen LogP contribution >= 0.6 is 0 Å². The third-order valence-corrected chi connectivity index (χ3v) is 27.8. The Bertz CT molecular complexity index is 4250. The minimum Gasteiger partial charge on any atom is -0.311 e. The molecule has 0 spiro atoms. The first-order valence-electron chi connectivity index (χ1n) is 34.8. The van der Waals surface area contributed by atoms with Crippen molar-refractivity contribution in [2.75, 3.05) is 9.80 Å². The van der Waals surface area contributed by atoms with Crippen molar-refractivity contribution in [1.82, 2.24) is 0 Å². The van der Waals surface area contributed by atoms with Gasteiger partial charge in [0.1, 0.15) is 0 Å². The molecule has 0 saturated heterocycles. The fourth-order valence-corrected chi connectivity index (χ4v) is 21.2. The molecular formula is C85H101BN2. The molecule has 6 aliphatic carbocycles. The third-order valence-electron chi connectivity index (χ3n) is 27.8. The second kappa shape index (κ2) is 17.6. The quantitative estimate of drug-likeness (QED) is 0.159. The maximum atomic E-state index is 2.84. The Labute approximate surface area is 531 Å². The molecule has 1 saturated carbocycles. The summed E-state index contributed by atoms with van der Waals surface area (Å²) in [6.45, 7) is 50.7. The number of fused-ring (bicyclic) bond motifs is 16. The molecule has 7 aromatic carbocycles. The lowest BCUT2D eigenvalue weighted by atomic mass is 9.33. The van der Waals surface area contributed by atoms with Crippen molar-refractivity contribution in [2.24, 2.45) is 11.3 Å². The molecule has 0 radical (unpaired) electrons.